The van der Waals surface area contributed by atoms with Crippen LogP contribution in [-0.4, -0.2) is 19.9 Å². The molecule has 0 spiro atoms. The molecule has 3 aromatic carbocycles. The van der Waals surface area contributed by atoms with Gasteiger partial charge in [-0.25, -0.2) is 4.39 Å². The number of anilines is 1. The number of rotatable bonds is 5. The average Bonchev–Trinajstić information content (AvgIpc) is 3.19. The maximum atomic E-state index is 14.5. The van der Waals surface area contributed by atoms with Crippen molar-refractivity contribution in [1.82, 2.24) is 0 Å². The smallest absolute Gasteiger partial charge is 0.148 e. The molecule has 142 valence electrons. The summed E-state index contributed by atoms with van der Waals surface area (Å²) in [6.45, 7) is 0. The zero-order valence-corrected chi connectivity index (χ0v) is 15.8. The van der Waals surface area contributed by atoms with Crippen molar-refractivity contribution < 1.29 is 13.9 Å². The molecule has 3 aromatic rings. The monoisotopic (exact) mass is 376 g/mol. The predicted molar refractivity (Wildman–Crippen MR) is 109 cm³/mol. The largest absolute Gasteiger partial charge is 0.497 e. The Balaban J connectivity index is 1.73. The fourth-order valence-corrected chi connectivity index (χ4v) is 3.41. The van der Waals surface area contributed by atoms with Crippen molar-refractivity contribution in [2.45, 2.75) is 12.5 Å². The fourth-order valence-electron chi connectivity index (χ4n) is 3.41. The number of ether oxygens (including phenoxy) is 2. The summed E-state index contributed by atoms with van der Waals surface area (Å²) in [7, 11) is 3.28. The van der Waals surface area contributed by atoms with E-state index in [2.05, 4.69) is 0 Å². The Labute approximate surface area is 163 Å². The van der Waals surface area contributed by atoms with Gasteiger partial charge in [0.25, 0.3) is 0 Å². The highest BCUT2D eigenvalue weighted by molar-refractivity contribution is 6.03. The van der Waals surface area contributed by atoms with Crippen molar-refractivity contribution in [3.63, 3.8) is 0 Å². The summed E-state index contributed by atoms with van der Waals surface area (Å²) in [5.74, 6) is 1.29. The summed E-state index contributed by atoms with van der Waals surface area (Å²) in [4.78, 5) is 0. The average molecular weight is 376 g/mol. The maximum absolute atomic E-state index is 14.5. The topological polar surface area (TPSA) is 34.1 Å². The molecular formula is C23H21FN2O2. The Kier molecular flexibility index (Phi) is 4.98. The fraction of sp³-hybridized carbons (Fsp3) is 0.174. The van der Waals surface area contributed by atoms with Crippen molar-refractivity contribution in [1.29, 1.82) is 0 Å². The second-order valence-electron chi connectivity index (χ2n) is 6.56. The first-order valence-electron chi connectivity index (χ1n) is 9.09. The van der Waals surface area contributed by atoms with Crippen molar-refractivity contribution in [2.75, 3.05) is 19.2 Å². The summed E-state index contributed by atoms with van der Waals surface area (Å²) in [5, 5.41) is 6.56. The zero-order valence-electron chi connectivity index (χ0n) is 15.8. The highest BCUT2D eigenvalue weighted by Gasteiger charge is 2.31. The molecule has 1 aliphatic rings. The number of hydrazone groups is 1. The van der Waals surface area contributed by atoms with E-state index in [4.69, 9.17) is 14.6 Å². The van der Waals surface area contributed by atoms with Gasteiger partial charge in [0, 0.05) is 6.42 Å². The highest BCUT2D eigenvalue weighted by Crippen LogP contribution is 2.38. The summed E-state index contributed by atoms with van der Waals surface area (Å²) >= 11 is 0. The minimum absolute atomic E-state index is 0.0973. The number of halogens is 1. The van der Waals surface area contributed by atoms with E-state index < -0.39 is 0 Å². The van der Waals surface area contributed by atoms with E-state index in [1.807, 2.05) is 54.6 Å². The van der Waals surface area contributed by atoms with Crippen LogP contribution in [0, 0.1) is 5.82 Å². The molecule has 0 unspecified atom stereocenters. The molecule has 0 radical (unpaired) electrons. The van der Waals surface area contributed by atoms with Gasteiger partial charge in [0.1, 0.15) is 17.3 Å². The molecule has 4 nitrogen and oxygen atoms in total. The van der Waals surface area contributed by atoms with Gasteiger partial charge in [-0.2, -0.15) is 5.10 Å². The highest BCUT2D eigenvalue weighted by atomic mass is 19.1. The SMILES string of the molecule is COc1ccc(C2=NN(c3ccccc3F)[C@@H](c3ccc(OC)cc3)C2)cc1. The van der Waals surface area contributed by atoms with Gasteiger partial charge in [0.05, 0.1) is 31.7 Å². The molecule has 0 fully saturated rings. The molecule has 0 saturated heterocycles. The molecule has 1 atom stereocenters. The lowest BCUT2D eigenvalue weighted by Crippen LogP contribution is -2.19. The van der Waals surface area contributed by atoms with Gasteiger partial charge >= 0.3 is 0 Å². The van der Waals surface area contributed by atoms with Crippen LogP contribution in [0.5, 0.6) is 11.5 Å². The van der Waals surface area contributed by atoms with Crippen molar-refractivity contribution >= 4 is 11.4 Å². The molecule has 1 aliphatic heterocycles. The molecule has 0 saturated carbocycles. The van der Waals surface area contributed by atoms with Crippen molar-refractivity contribution in [2.24, 2.45) is 5.10 Å². The van der Waals surface area contributed by atoms with Crippen LogP contribution in [0.15, 0.2) is 77.9 Å². The van der Waals surface area contributed by atoms with Crippen LogP contribution >= 0.6 is 0 Å². The normalized spacial score (nSPS) is 16.0. The number of nitrogens with zero attached hydrogens (tertiary/aromatic N) is 2. The molecule has 0 amide bonds. The molecular weight excluding hydrogens is 355 g/mol. The second kappa shape index (κ2) is 7.72. The Morgan fingerprint density at radius 2 is 1.46 bits per heavy atom. The lowest BCUT2D eigenvalue weighted by molar-refractivity contribution is 0.414. The quantitative estimate of drug-likeness (QED) is 0.614. The third kappa shape index (κ3) is 3.43. The lowest BCUT2D eigenvalue weighted by Gasteiger charge is -2.24. The van der Waals surface area contributed by atoms with Gasteiger partial charge in [-0.3, -0.25) is 5.01 Å². The first-order valence-corrected chi connectivity index (χ1v) is 9.09. The summed E-state index contributed by atoms with van der Waals surface area (Å²) in [5.41, 5.74) is 3.42. The second-order valence-corrected chi connectivity index (χ2v) is 6.56. The van der Waals surface area contributed by atoms with Gasteiger partial charge in [-0.1, -0.05) is 24.3 Å². The molecule has 0 bridgehead atoms. The molecule has 5 heteroatoms. The van der Waals surface area contributed by atoms with Crippen LogP contribution in [0.25, 0.3) is 0 Å². The lowest BCUT2D eigenvalue weighted by atomic mass is 9.98. The summed E-state index contributed by atoms with van der Waals surface area (Å²) in [6.07, 6.45) is 0.674. The van der Waals surface area contributed by atoms with E-state index in [1.165, 1.54) is 6.07 Å². The Hall–Kier alpha value is -3.34. The van der Waals surface area contributed by atoms with E-state index >= 15 is 0 Å². The molecule has 0 aromatic heterocycles. The number of hydrogen-bond donors (Lipinski definition) is 0. The van der Waals surface area contributed by atoms with Gasteiger partial charge in [0.2, 0.25) is 0 Å². The number of methoxy groups -OCH3 is 2. The van der Waals surface area contributed by atoms with Gasteiger partial charge in [-0.05, 0) is 59.7 Å². The summed E-state index contributed by atoms with van der Waals surface area (Å²) in [6, 6.07) is 22.2. The molecule has 0 aliphatic carbocycles. The minimum Gasteiger partial charge on any atom is -0.497 e. The van der Waals surface area contributed by atoms with E-state index in [0.29, 0.717) is 12.1 Å². The maximum Gasteiger partial charge on any atom is 0.148 e. The number of para-hydroxylation sites is 1. The predicted octanol–water partition coefficient (Wildman–Crippen LogP) is 5.20. The van der Waals surface area contributed by atoms with Crippen LogP contribution in [0.1, 0.15) is 23.6 Å². The Bertz CT molecular complexity index is 984. The van der Waals surface area contributed by atoms with E-state index in [1.54, 1.807) is 31.4 Å². The Morgan fingerprint density at radius 1 is 0.857 bits per heavy atom. The van der Waals surface area contributed by atoms with Crippen LogP contribution in [0.2, 0.25) is 0 Å². The van der Waals surface area contributed by atoms with Crippen molar-refractivity contribution in [3.05, 3.63) is 89.7 Å². The standard InChI is InChI=1S/C23H21FN2O2/c1-27-18-11-7-16(8-12-18)21-15-23(17-9-13-19(28-2)14-10-17)26(25-21)22-6-4-3-5-20(22)24/h3-14,23H,15H2,1-2H3/t23-/m1/s1. The molecule has 4 rings (SSSR count). The van der Waals surface area contributed by atoms with Crippen molar-refractivity contribution in [3.8, 4) is 11.5 Å². The first-order chi connectivity index (χ1) is 13.7. The van der Waals surface area contributed by atoms with Gasteiger partial charge in [0.15, 0.2) is 0 Å². The molecule has 28 heavy (non-hydrogen) atoms. The van der Waals surface area contributed by atoms with Crippen LogP contribution in [-0.2, 0) is 0 Å². The zero-order chi connectivity index (χ0) is 19.5. The number of hydrogen-bond acceptors (Lipinski definition) is 4. The van der Waals surface area contributed by atoms with Crippen LogP contribution < -0.4 is 14.5 Å². The Morgan fingerprint density at radius 3 is 2.07 bits per heavy atom. The molecule has 0 N–H and O–H groups in total. The third-order valence-electron chi connectivity index (χ3n) is 4.93. The minimum atomic E-state index is -0.291. The van der Waals surface area contributed by atoms with E-state index in [9.17, 15) is 4.39 Å². The third-order valence-corrected chi connectivity index (χ3v) is 4.93. The van der Waals surface area contributed by atoms with Crippen LogP contribution in [0.4, 0.5) is 10.1 Å². The van der Waals surface area contributed by atoms with Gasteiger partial charge < -0.3 is 9.47 Å². The van der Waals surface area contributed by atoms with E-state index in [0.717, 1.165) is 28.3 Å². The number of benzene rings is 3. The summed E-state index contributed by atoms with van der Waals surface area (Å²) < 4.78 is 25.0. The first kappa shape index (κ1) is 18.0. The van der Waals surface area contributed by atoms with Gasteiger partial charge in [-0.15, -0.1) is 0 Å². The van der Waals surface area contributed by atoms with Crippen LogP contribution in [0.3, 0.4) is 0 Å². The van der Waals surface area contributed by atoms with E-state index in [-0.39, 0.29) is 11.9 Å². The molecule has 1 heterocycles.